The molecule has 3 nitrogen and oxygen atoms in total. The number of aliphatic hydroxyl groups excluding tert-OH is 1. The first-order valence-electron chi connectivity index (χ1n) is 5.93. The average molecular weight is 198 g/mol. The zero-order valence-electron chi connectivity index (χ0n) is 9.08. The van der Waals surface area contributed by atoms with Crippen molar-refractivity contribution in [2.24, 2.45) is 5.92 Å². The van der Waals surface area contributed by atoms with Gasteiger partial charge >= 0.3 is 0 Å². The van der Waals surface area contributed by atoms with E-state index in [0.717, 1.165) is 18.9 Å². The lowest BCUT2D eigenvalue weighted by atomic mass is 9.84. The third kappa shape index (κ3) is 2.27. The summed E-state index contributed by atoms with van der Waals surface area (Å²) in [6.07, 6.45) is 3.39. The van der Waals surface area contributed by atoms with E-state index in [2.05, 4.69) is 10.2 Å². The van der Waals surface area contributed by atoms with Gasteiger partial charge in [0.2, 0.25) is 0 Å². The quantitative estimate of drug-likeness (QED) is 0.688. The summed E-state index contributed by atoms with van der Waals surface area (Å²) in [6.45, 7) is 6.58. The van der Waals surface area contributed by atoms with Gasteiger partial charge in [-0.15, -0.1) is 0 Å². The molecule has 3 heteroatoms. The van der Waals surface area contributed by atoms with Gasteiger partial charge in [0.15, 0.2) is 0 Å². The Hall–Kier alpha value is -0.120. The second kappa shape index (κ2) is 4.60. The van der Waals surface area contributed by atoms with Crippen molar-refractivity contribution >= 4 is 0 Å². The van der Waals surface area contributed by atoms with E-state index < -0.39 is 0 Å². The van der Waals surface area contributed by atoms with Gasteiger partial charge in [-0.2, -0.15) is 0 Å². The van der Waals surface area contributed by atoms with Crippen LogP contribution in [0.4, 0.5) is 0 Å². The highest BCUT2D eigenvalue weighted by molar-refractivity contribution is 4.91. The smallest absolute Gasteiger partial charge is 0.0662 e. The van der Waals surface area contributed by atoms with Gasteiger partial charge in [-0.25, -0.2) is 0 Å². The molecule has 2 bridgehead atoms. The Balaban J connectivity index is 1.76. The molecular weight excluding hydrogens is 176 g/mol. The maximum absolute atomic E-state index is 9.48. The summed E-state index contributed by atoms with van der Waals surface area (Å²) in [6, 6.07) is 0.638. The highest BCUT2D eigenvalue weighted by Crippen LogP contribution is 2.27. The van der Waals surface area contributed by atoms with Crippen LogP contribution in [0.25, 0.3) is 0 Å². The summed E-state index contributed by atoms with van der Waals surface area (Å²) in [7, 11) is 0. The predicted molar refractivity (Wildman–Crippen MR) is 57.3 cm³/mol. The van der Waals surface area contributed by atoms with Crippen LogP contribution in [0.15, 0.2) is 0 Å². The Morgan fingerprint density at radius 2 is 2.14 bits per heavy atom. The molecule has 82 valence electrons. The van der Waals surface area contributed by atoms with Crippen LogP contribution in [0.3, 0.4) is 0 Å². The molecule has 0 aromatic carbocycles. The summed E-state index contributed by atoms with van der Waals surface area (Å²) in [5.74, 6) is 0.865. The fraction of sp³-hybridized carbons (Fsp3) is 1.00. The van der Waals surface area contributed by atoms with E-state index in [-0.39, 0.29) is 6.10 Å². The van der Waals surface area contributed by atoms with Crippen molar-refractivity contribution in [1.29, 1.82) is 0 Å². The summed E-state index contributed by atoms with van der Waals surface area (Å²) in [5, 5.41) is 13.0. The lowest BCUT2D eigenvalue weighted by Gasteiger charge is -2.45. The van der Waals surface area contributed by atoms with Crippen molar-refractivity contribution in [2.75, 3.05) is 26.2 Å². The Labute approximate surface area is 86.5 Å². The first-order chi connectivity index (χ1) is 6.79. The SMILES string of the molecule is CCC(O)CNC1CN2CCC1CC2. The molecule has 0 aromatic rings. The lowest BCUT2D eigenvalue weighted by Crippen LogP contribution is -2.56. The highest BCUT2D eigenvalue weighted by atomic mass is 16.3. The van der Waals surface area contributed by atoms with Crippen molar-refractivity contribution in [3.05, 3.63) is 0 Å². The van der Waals surface area contributed by atoms with Crippen LogP contribution in [-0.2, 0) is 0 Å². The fourth-order valence-corrected chi connectivity index (χ4v) is 2.63. The van der Waals surface area contributed by atoms with Crippen LogP contribution in [0.5, 0.6) is 0 Å². The van der Waals surface area contributed by atoms with Crippen molar-refractivity contribution in [2.45, 2.75) is 38.3 Å². The molecule has 0 amide bonds. The van der Waals surface area contributed by atoms with Gasteiger partial charge in [0.05, 0.1) is 6.10 Å². The topological polar surface area (TPSA) is 35.5 Å². The molecule has 0 radical (unpaired) electrons. The molecule has 0 aromatic heterocycles. The maximum Gasteiger partial charge on any atom is 0.0662 e. The third-order valence-electron chi connectivity index (χ3n) is 3.74. The number of hydrogen-bond acceptors (Lipinski definition) is 3. The van der Waals surface area contributed by atoms with Gasteiger partial charge in [0, 0.05) is 19.1 Å². The molecular formula is C11H22N2O. The molecule has 3 fully saturated rings. The summed E-state index contributed by atoms with van der Waals surface area (Å²) >= 11 is 0. The first-order valence-corrected chi connectivity index (χ1v) is 5.93. The van der Waals surface area contributed by atoms with Gasteiger partial charge in [-0.3, -0.25) is 0 Å². The molecule has 3 saturated heterocycles. The maximum atomic E-state index is 9.48. The van der Waals surface area contributed by atoms with Crippen molar-refractivity contribution in [3.63, 3.8) is 0 Å². The van der Waals surface area contributed by atoms with E-state index in [1.54, 1.807) is 0 Å². The normalized spacial score (nSPS) is 38.6. The number of nitrogens with one attached hydrogen (secondary N) is 1. The predicted octanol–water partition coefficient (Wildman–Crippen LogP) is 0.441. The minimum atomic E-state index is -0.162. The van der Waals surface area contributed by atoms with Crippen LogP contribution in [0.1, 0.15) is 26.2 Å². The van der Waals surface area contributed by atoms with Crippen LogP contribution in [0, 0.1) is 5.92 Å². The molecule has 14 heavy (non-hydrogen) atoms. The van der Waals surface area contributed by atoms with Gasteiger partial charge in [0.1, 0.15) is 0 Å². The monoisotopic (exact) mass is 198 g/mol. The van der Waals surface area contributed by atoms with Crippen LogP contribution in [0.2, 0.25) is 0 Å². The van der Waals surface area contributed by atoms with E-state index in [9.17, 15) is 5.11 Å². The summed E-state index contributed by atoms with van der Waals surface area (Å²) in [4.78, 5) is 2.54. The van der Waals surface area contributed by atoms with E-state index >= 15 is 0 Å². The largest absolute Gasteiger partial charge is 0.392 e. The number of aliphatic hydroxyl groups is 1. The van der Waals surface area contributed by atoms with Crippen LogP contribution < -0.4 is 5.32 Å². The highest BCUT2D eigenvalue weighted by Gasteiger charge is 2.33. The van der Waals surface area contributed by atoms with E-state index in [1.165, 1.54) is 32.5 Å². The zero-order chi connectivity index (χ0) is 9.97. The Morgan fingerprint density at radius 3 is 2.64 bits per heavy atom. The second-order valence-electron chi connectivity index (χ2n) is 4.71. The van der Waals surface area contributed by atoms with Gasteiger partial charge in [-0.1, -0.05) is 6.92 Å². The number of fused-ring (bicyclic) bond motifs is 3. The average Bonchev–Trinajstić information content (AvgIpc) is 2.27. The van der Waals surface area contributed by atoms with Crippen LogP contribution >= 0.6 is 0 Å². The van der Waals surface area contributed by atoms with E-state index in [4.69, 9.17) is 0 Å². The Kier molecular flexibility index (Phi) is 3.42. The van der Waals surface area contributed by atoms with Gasteiger partial charge < -0.3 is 15.3 Å². The molecule has 3 rings (SSSR count). The third-order valence-corrected chi connectivity index (χ3v) is 3.74. The molecule has 2 unspecified atom stereocenters. The molecule has 3 aliphatic rings. The van der Waals surface area contributed by atoms with Gasteiger partial charge in [-0.05, 0) is 38.3 Å². The Morgan fingerprint density at radius 1 is 1.43 bits per heavy atom. The summed E-state index contributed by atoms with van der Waals surface area (Å²) in [5.41, 5.74) is 0. The van der Waals surface area contributed by atoms with Crippen molar-refractivity contribution in [3.8, 4) is 0 Å². The fourth-order valence-electron chi connectivity index (χ4n) is 2.63. The zero-order valence-corrected chi connectivity index (χ0v) is 9.08. The number of hydrogen-bond donors (Lipinski definition) is 2. The molecule has 0 saturated carbocycles. The molecule has 3 aliphatic heterocycles. The Bertz CT molecular complexity index is 178. The summed E-state index contributed by atoms with van der Waals surface area (Å²) < 4.78 is 0. The lowest BCUT2D eigenvalue weighted by molar-refractivity contribution is 0.0632. The molecule has 2 N–H and O–H groups in total. The second-order valence-corrected chi connectivity index (χ2v) is 4.71. The standard InChI is InChI=1S/C11H22N2O/c1-2-10(14)7-12-11-8-13-5-3-9(11)4-6-13/h9-12,14H,2-8H2,1H3. The number of rotatable bonds is 4. The van der Waals surface area contributed by atoms with E-state index in [0.29, 0.717) is 6.04 Å². The minimum absolute atomic E-state index is 0.162. The molecule has 3 heterocycles. The van der Waals surface area contributed by atoms with Crippen molar-refractivity contribution in [1.82, 2.24) is 10.2 Å². The van der Waals surface area contributed by atoms with Gasteiger partial charge in [0.25, 0.3) is 0 Å². The molecule has 2 atom stereocenters. The first kappa shape index (κ1) is 10.4. The van der Waals surface area contributed by atoms with E-state index in [1.807, 2.05) is 6.92 Å². The number of piperidine rings is 3. The minimum Gasteiger partial charge on any atom is -0.392 e. The molecule has 0 aliphatic carbocycles. The number of nitrogens with zero attached hydrogens (tertiary/aromatic N) is 1. The molecule has 0 spiro atoms. The van der Waals surface area contributed by atoms with Crippen LogP contribution in [-0.4, -0.2) is 48.3 Å². The van der Waals surface area contributed by atoms with Crippen molar-refractivity contribution < 1.29 is 5.11 Å².